The van der Waals surface area contributed by atoms with Gasteiger partial charge in [0.2, 0.25) is 0 Å². The van der Waals surface area contributed by atoms with Crippen molar-refractivity contribution in [2.24, 2.45) is 0 Å². The Balaban J connectivity index is 2.47. The van der Waals surface area contributed by atoms with Gasteiger partial charge in [-0.15, -0.1) is 0 Å². The lowest BCUT2D eigenvalue weighted by Gasteiger charge is -2.09. The second-order valence-corrected chi connectivity index (χ2v) is 4.37. The zero-order valence-electron chi connectivity index (χ0n) is 10.4. The third kappa shape index (κ3) is 1.80. The van der Waals surface area contributed by atoms with Crippen LogP contribution in [-0.2, 0) is 0 Å². The molecular formula is C16H12O3. The molecule has 3 rings (SSSR count). The molecule has 3 aromatic rings. The maximum Gasteiger partial charge on any atom is 0.340 e. The van der Waals surface area contributed by atoms with Crippen LogP contribution in [0, 0.1) is 0 Å². The van der Waals surface area contributed by atoms with Gasteiger partial charge in [-0.25, -0.2) is 4.79 Å². The standard InChI is InChI=1S/C16H12O3/c1-19-14-7-6-12-8-10-4-2-3-5-11(10)9-13(12)15(14)16(17)18/h2-9H,1H3,(H,17,18). The molecule has 19 heavy (non-hydrogen) atoms. The number of ether oxygens (including phenoxy) is 1. The molecule has 0 fully saturated rings. The first-order valence-corrected chi connectivity index (χ1v) is 5.93. The number of carboxylic acids is 1. The molecule has 1 N–H and O–H groups in total. The van der Waals surface area contributed by atoms with Gasteiger partial charge < -0.3 is 9.84 Å². The van der Waals surface area contributed by atoms with Crippen molar-refractivity contribution in [3.63, 3.8) is 0 Å². The van der Waals surface area contributed by atoms with Gasteiger partial charge in [0.15, 0.2) is 0 Å². The lowest BCUT2D eigenvalue weighted by atomic mass is 9.99. The van der Waals surface area contributed by atoms with E-state index in [1.165, 1.54) is 7.11 Å². The second-order valence-electron chi connectivity index (χ2n) is 4.37. The smallest absolute Gasteiger partial charge is 0.340 e. The molecule has 94 valence electrons. The van der Waals surface area contributed by atoms with Crippen molar-refractivity contribution in [2.45, 2.75) is 0 Å². The number of benzene rings is 3. The van der Waals surface area contributed by atoms with Crippen LogP contribution in [-0.4, -0.2) is 18.2 Å². The topological polar surface area (TPSA) is 46.5 Å². The average molecular weight is 252 g/mol. The minimum atomic E-state index is -0.974. The fourth-order valence-electron chi connectivity index (χ4n) is 2.38. The number of methoxy groups -OCH3 is 1. The summed E-state index contributed by atoms with van der Waals surface area (Å²) >= 11 is 0. The number of hydrogen-bond acceptors (Lipinski definition) is 2. The van der Waals surface area contributed by atoms with Crippen LogP contribution < -0.4 is 4.74 Å². The van der Waals surface area contributed by atoms with Crippen molar-refractivity contribution >= 4 is 27.5 Å². The molecule has 0 radical (unpaired) electrons. The summed E-state index contributed by atoms with van der Waals surface area (Å²) < 4.78 is 5.15. The Morgan fingerprint density at radius 1 is 1.00 bits per heavy atom. The molecule has 0 heterocycles. The van der Waals surface area contributed by atoms with Gasteiger partial charge in [-0.2, -0.15) is 0 Å². The second kappa shape index (κ2) is 4.28. The van der Waals surface area contributed by atoms with E-state index in [-0.39, 0.29) is 5.56 Å². The van der Waals surface area contributed by atoms with Crippen molar-refractivity contribution in [2.75, 3.05) is 7.11 Å². The molecule has 0 atom stereocenters. The molecule has 0 bridgehead atoms. The van der Waals surface area contributed by atoms with E-state index in [1.807, 2.05) is 42.5 Å². The highest BCUT2D eigenvalue weighted by Gasteiger charge is 2.15. The van der Waals surface area contributed by atoms with Crippen molar-refractivity contribution in [1.82, 2.24) is 0 Å². The van der Waals surface area contributed by atoms with E-state index in [2.05, 4.69) is 0 Å². The first kappa shape index (κ1) is 11.5. The number of rotatable bonds is 2. The van der Waals surface area contributed by atoms with E-state index in [0.29, 0.717) is 11.1 Å². The highest BCUT2D eigenvalue weighted by molar-refractivity contribution is 6.10. The normalized spacial score (nSPS) is 10.8. The summed E-state index contributed by atoms with van der Waals surface area (Å²) in [6.45, 7) is 0. The highest BCUT2D eigenvalue weighted by Crippen LogP contribution is 2.31. The first-order valence-electron chi connectivity index (χ1n) is 5.93. The lowest BCUT2D eigenvalue weighted by molar-refractivity contribution is 0.0695. The summed E-state index contributed by atoms with van der Waals surface area (Å²) in [5, 5.41) is 13.1. The number of carbonyl (C=O) groups is 1. The maximum atomic E-state index is 11.5. The predicted octanol–water partition coefficient (Wildman–Crippen LogP) is 3.70. The summed E-state index contributed by atoms with van der Waals surface area (Å²) in [4.78, 5) is 11.5. The third-order valence-electron chi connectivity index (χ3n) is 3.28. The van der Waals surface area contributed by atoms with Gasteiger partial charge in [-0.3, -0.25) is 0 Å². The van der Waals surface area contributed by atoms with E-state index in [0.717, 1.165) is 16.2 Å². The summed E-state index contributed by atoms with van der Waals surface area (Å²) in [6.07, 6.45) is 0. The summed E-state index contributed by atoms with van der Waals surface area (Å²) in [5.41, 5.74) is 0.214. The molecule has 0 spiro atoms. The molecule has 0 saturated carbocycles. The molecule has 3 aromatic carbocycles. The molecule has 0 aliphatic heterocycles. The quantitative estimate of drug-likeness (QED) is 0.707. The molecule has 3 heteroatoms. The van der Waals surface area contributed by atoms with E-state index in [4.69, 9.17) is 4.74 Å². The van der Waals surface area contributed by atoms with Crippen LogP contribution in [0.15, 0.2) is 48.5 Å². The van der Waals surface area contributed by atoms with E-state index < -0.39 is 5.97 Å². The van der Waals surface area contributed by atoms with Gasteiger partial charge in [-0.05, 0) is 34.4 Å². The predicted molar refractivity (Wildman–Crippen MR) is 75.0 cm³/mol. The summed E-state index contributed by atoms with van der Waals surface area (Å²) in [5.74, 6) is -0.590. The number of fused-ring (bicyclic) bond motifs is 2. The molecule has 0 saturated heterocycles. The van der Waals surface area contributed by atoms with Gasteiger partial charge in [0.05, 0.1) is 7.11 Å². The fourth-order valence-corrected chi connectivity index (χ4v) is 2.38. The Bertz CT molecular complexity index is 790. The molecular weight excluding hydrogens is 240 g/mol. The zero-order chi connectivity index (χ0) is 13.4. The van der Waals surface area contributed by atoms with Crippen LogP contribution in [0.2, 0.25) is 0 Å². The van der Waals surface area contributed by atoms with E-state index in [9.17, 15) is 9.90 Å². The van der Waals surface area contributed by atoms with Crippen LogP contribution in [0.3, 0.4) is 0 Å². The van der Waals surface area contributed by atoms with Crippen LogP contribution in [0.25, 0.3) is 21.5 Å². The number of carboxylic acid groups (broad SMARTS) is 1. The van der Waals surface area contributed by atoms with Crippen LogP contribution >= 0.6 is 0 Å². The van der Waals surface area contributed by atoms with Gasteiger partial charge in [-0.1, -0.05) is 30.3 Å². The molecule has 3 nitrogen and oxygen atoms in total. The minimum absolute atomic E-state index is 0.214. The van der Waals surface area contributed by atoms with Crippen LogP contribution in [0.4, 0.5) is 0 Å². The van der Waals surface area contributed by atoms with Crippen LogP contribution in [0.1, 0.15) is 10.4 Å². The Hall–Kier alpha value is -2.55. The van der Waals surface area contributed by atoms with Crippen LogP contribution in [0.5, 0.6) is 5.75 Å². The van der Waals surface area contributed by atoms with Gasteiger partial charge in [0.25, 0.3) is 0 Å². The molecule has 0 unspecified atom stereocenters. The highest BCUT2D eigenvalue weighted by atomic mass is 16.5. The molecule has 0 aliphatic carbocycles. The first-order chi connectivity index (χ1) is 9.20. The van der Waals surface area contributed by atoms with Crippen molar-refractivity contribution in [3.8, 4) is 5.75 Å². The maximum absolute atomic E-state index is 11.5. The lowest BCUT2D eigenvalue weighted by Crippen LogP contribution is -2.01. The number of hydrogen-bond donors (Lipinski definition) is 1. The Labute approximate surface area is 110 Å². The van der Waals surface area contributed by atoms with E-state index >= 15 is 0 Å². The van der Waals surface area contributed by atoms with Gasteiger partial charge in [0, 0.05) is 5.39 Å². The van der Waals surface area contributed by atoms with E-state index in [1.54, 1.807) is 6.07 Å². The largest absolute Gasteiger partial charge is 0.496 e. The SMILES string of the molecule is COc1ccc2cc3ccccc3cc2c1C(=O)O. The molecule has 0 aromatic heterocycles. The fraction of sp³-hybridized carbons (Fsp3) is 0.0625. The number of aromatic carboxylic acids is 1. The Morgan fingerprint density at radius 3 is 2.32 bits per heavy atom. The molecule has 0 amide bonds. The average Bonchev–Trinajstić information content (AvgIpc) is 2.43. The monoisotopic (exact) mass is 252 g/mol. The molecule has 0 aliphatic rings. The minimum Gasteiger partial charge on any atom is -0.496 e. The Morgan fingerprint density at radius 2 is 1.68 bits per heavy atom. The summed E-state index contributed by atoms with van der Waals surface area (Å²) in [6, 6.07) is 15.4. The van der Waals surface area contributed by atoms with Gasteiger partial charge in [0.1, 0.15) is 11.3 Å². The van der Waals surface area contributed by atoms with Gasteiger partial charge >= 0.3 is 5.97 Å². The summed E-state index contributed by atoms with van der Waals surface area (Å²) in [7, 11) is 1.48. The van der Waals surface area contributed by atoms with Crippen molar-refractivity contribution in [3.05, 3.63) is 54.1 Å². The van der Waals surface area contributed by atoms with Crippen molar-refractivity contribution in [1.29, 1.82) is 0 Å². The van der Waals surface area contributed by atoms with Crippen molar-refractivity contribution < 1.29 is 14.6 Å². The zero-order valence-corrected chi connectivity index (χ0v) is 10.4. The Kier molecular flexibility index (Phi) is 2.60. The third-order valence-corrected chi connectivity index (χ3v) is 3.28.